The Hall–Kier alpha value is -1.33. The number of nitrogens with zero attached hydrogens (tertiary/aromatic N) is 1. The molecule has 1 aromatic carbocycles. The average molecular weight is 284 g/mol. The first kappa shape index (κ1) is 13.1. The maximum atomic E-state index is 11.9. The Morgan fingerprint density at radius 3 is 3.00 bits per heavy atom. The summed E-state index contributed by atoms with van der Waals surface area (Å²) in [5.74, 6) is -0.0746. The van der Waals surface area contributed by atoms with Gasteiger partial charge in [-0.25, -0.2) is 0 Å². The summed E-state index contributed by atoms with van der Waals surface area (Å²) < 4.78 is 2.25. The molecule has 0 aliphatic carbocycles. The van der Waals surface area contributed by atoms with Gasteiger partial charge in [-0.15, -0.1) is 0 Å². The lowest BCUT2D eigenvalue weighted by atomic mass is 10.2. The Morgan fingerprint density at radius 1 is 1.61 bits per heavy atom. The molecule has 1 heterocycles. The number of nitrogens with one attached hydrogen (secondary N) is 2. The molecular formula is C12H14ClN3OS. The zero-order valence-electron chi connectivity index (χ0n) is 10.2. The quantitative estimate of drug-likeness (QED) is 0.851. The molecule has 1 unspecified atom stereocenters. The lowest BCUT2D eigenvalue weighted by Gasteiger charge is -2.14. The van der Waals surface area contributed by atoms with Crippen LogP contribution in [-0.2, 0) is 4.79 Å². The second kappa shape index (κ2) is 5.12. The smallest absolute Gasteiger partial charge is 0.242 e. The summed E-state index contributed by atoms with van der Waals surface area (Å²) in [6.07, 6.45) is 0. The molecule has 2 rings (SSSR count). The number of hydrogen-bond acceptors (Lipinski definition) is 2. The van der Waals surface area contributed by atoms with E-state index in [4.69, 9.17) is 23.8 Å². The topological polar surface area (TPSA) is 49.8 Å². The van der Waals surface area contributed by atoms with Crippen LogP contribution in [0.3, 0.4) is 0 Å². The third-order valence-corrected chi connectivity index (χ3v) is 3.41. The Balaban J connectivity index is 2.60. The minimum absolute atomic E-state index is 0.0746. The predicted molar refractivity (Wildman–Crippen MR) is 75.5 cm³/mol. The summed E-state index contributed by atoms with van der Waals surface area (Å²) in [5, 5.41) is 3.36. The summed E-state index contributed by atoms with van der Waals surface area (Å²) in [5.41, 5.74) is 1.60. The minimum Gasteiger partial charge on any atom is -0.355 e. The van der Waals surface area contributed by atoms with Crippen molar-refractivity contribution in [3.05, 3.63) is 28.0 Å². The van der Waals surface area contributed by atoms with Gasteiger partial charge >= 0.3 is 0 Å². The molecule has 0 aliphatic heterocycles. The standard InChI is InChI=1S/C12H14ClN3OS/c1-3-14-11(17)7(2)16-10-8(13)5-4-6-9(10)15-12(16)18/h4-7H,3H2,1-2H3,(H,14,17)(H,15,18). The van der Waals surface area contributed by atoms with Gasteiger partial charge in [0.25, 0.3) is 0 Å². The average Bonchev–Trinajstić information content (AvgIpc) is 2.66. The molecule has 0 saturated heterocycles. The number of likely N-dealkylation sites (N-methyl/N-ethyl adjacent to an activating group) is 1. The maximum Gasteiger partial charge on any atom is 0.242 e. The van der Waals surface area contributed by atoms with Gasteiger partial charge in [0, 0.05) is 6.54 Å². The maximum absolute atomic E-state index is 11.9. The zero-order chi connectivity index (χ0) is 13.3. The highest BCUT2D eigenvalue weighted by Gasteiger charge is 2.19. The van der Waals surface area contributed by atoms with Crippen LogP contribution in [0.2, 0.25) is 5.02 Å². The molecule has 1 aromatic heterocycles. The fourth-order valence-corrected chi connectivity index (χ4v) is 2.57. The number of amides is 1. The molecule has 2 aromatic rings. The van der Waals surface area contributed by atoms with Crippen LogP contribution < -0.4 is 5.32 Å². The largest absolute Gasteiger partial charge is 0.355 e. The first-order chi connectivity index (χ1) is 8.56. The third-order valence-electron chi connectivity index (χ3n) is 2.81. The van der Waals surface area contributed by atoms with Gasteiger partial charge in [0.15, 0.2) is 4.77 Å². The normalized spacial score (nSPS) is 12.6. The van der Waals surface area contributed by atoms with Crippen molar-refractivity contribution in [3.8, 4) is 0 Å². The molecule has 2 N–H and O–H groups in total. The summed E-state index contributed by atoms with van der Waals surface area (Å²) in [7, 11) is 0. The molecule has 1 atom stereocenters. The van der Waals surface area contributed by atoms with Gasteiger partial charge < -0.3 is 14.9 Å². The van der Waals surface area contributed by atoms with Crippen LogP contribution >= 0.6 is 23.8 Å². The fourth-order valence-electron chi connectivity index (χ4n) is 1.95. The van der Waals surface area contributed by atoms with Crippen LogP contribution in [-0.4, -0.2) is 22.0 Å². The van der Waals surface area contributed by atoms with Crippen LogP contribution in [0.25, 0.3) is 11.0 Å². The Bertz CT molecular complexity index is 646. The van der Waals surface area contributed by atoms with Gasteiger partial charge in [-0.05, 0) is 38.2 Å². The highest BCUT2D eigenvalue weighted by Crippen LogP contribution is 2.26. The van der Waals surface area contributed by atoms with Crippen LogP contribution in [0.15, 0.2) is 18.2 Å². The van der Waals surface area contributed by atoms with E-state index in [1.54, 1.807) is 17.6 Å². The number of halogens is 1. The molecular weight excluding hydrogens is 270 g/mol. The molecule has 0 aliphatic rings. The molecule has 0 radical (unpaired) electrons. The number of H-pyrrole nitrogens is 1. The fraction of sp³-hybridized carbons (Fsp3) is 0.333. The number of aromatic nitrogens is 2. The first-order valence-electron chi connectivity index (χ1n) is 5.72. The number of fused-ring (bicyclic) bond motifs is 1. The van der Waals surface area contributed by atoms with E-state index in [2.05, 4.69) is 10.3 Å². The van der Waals surface area contributed by atoms with E-state index < -0.39 is 6.04 Å². The number of hydrogen-bond donors (Lipinski definition) is 2. The van der Waals surface area contributed by atoms with Crippen molar-refractivity contribution in [1.29, 1.82) is 0 Å². The van der Waals surface area contributed by atoms with Gasteiger partial charge in [0.2, 0.25) is 5.91 Å². The van der Waals surface area contributed by atoms with Crippen molar-refractivity contribution in [2.75, 3.05) is 6.54 Å². The van der Waals surface area contributed by atoms with Gasteiger partial charge in [-0.1, -0.05) is 17.7 Å². The molecule has 0 fully saturated rings. The van der Waals surface area contributed by atoms with Crippen LogP contribution in [0.5, 0.6) is 0 Å². The zero-order valence-corrected chi connectivity index (χ0v) is 11.7. The van der Waals surface area contributed by atoms with E-state index in [0.29, 0.717) is 16.3 Å². The SMILES string of the molecule is CCNC(=O)C(C)n1c(=S)[nH]c2cccc(Cl)c21. The highest BCUT2D eigenvalue weighted by molar-refractivity contribution is 7.71. The van der Waals surface area contributed by atoms with Crippen molar-refractivity contribution < 1.29 is 4.79 Å². The highest BCUT2D eigenvalue weighted by atomic mass is 35.5. The Kier molecular flexibility index (Phi) is 3.73. The van der Waals surface area contributed by atoms with E-state index in [0.717, 1.165) is 11.0 Å². The van der Waals surface area contributed by atoms with E-state index in [1.807, 2.05) is 19.1 Å². The van der Waals surface area contributed by atoms with E-state index in [9.17, 15) is 4.79 Å². The Morgan fingerprint density at radius 2 is 2.33 bits per heavy atom. The van der Waals surface area contributed by atoms with Crippen LogP contribution in [0, 0.1) is 4.77 Å². The summed E-state index contributed by atoms with van der Waals surface area (Å²) in [6.45, 7) is 4.27. The second-order valence-corrected chi connectivity index (χ2v) is 4.80. The molecule has 0 saturated carbocycles. The van der Waals surface area contributed by atoms with Crippen molar-refractivity contribution in [2.24, 2.45) is 0 Å². The van der Waals surface area contributed by atoms with Crippen LogP contribution in [0.1, 0.15) is 19.9 Å². The van der Waals surface area contributed by atoms with Crippen molar-refractivity contribution in [3.63, 3.8) is 0 Å². The van der Waals surface area contributed by atoms with Gasteiger partial charge in [0.1, 0.15) is 6.04 Å². The number of carbonyl (C=O) groups is 1. The number of benzene rings is 1. The third kappa shape index (κ3) is 2.15. The lowest BCUT2D eigenvalue weighted by Crippen LogP contribution is -2.30. The number of carbonyl (C=O) groups excluding carboxylic acids is 1. The van der Waals surface area contributed by atoms with Crippen molar-refractivity contribution in [1.82, 2.24) is 14.9 Å². The molecule has 1 amide bonds. The summed E-state index contributed by atoms with van der Waals surface area (Å²) in [4.78, 5) is 15.0. The molecule has 96 valence electrons. The monoisotopic (exact) mass is 283 g/mol. The van der Waals surface area contributed by atoms with E-state index in [1.165, 1.54) is 0 Å². The van der Waals surface area contributed by atoms with Gasteiger partial charge in [-0.3, -0.25) is 4.79 Å². The number of para-hydroxylation sites is 1. The molecule has 4 nitrogen and oxygen atoms in total. The van der Waals surface area contributed by atoms with Gasteiger partial charge in [-0.2, -0.15) is 0 Å². The Labute approximate surface area is 115 Å². The van der Waals surface area contributed by atoms with Gasteiger partial charge in [0.05, 0.1) is 16.1 Å². The predicted octanol–water partition coefficient (Wildman–Crippen LogP) is 3.05. The van der Waals surface area contributed by atoms with E-state index >= 15 is 0 Å². The molecule has 0 bridgehead atoms. The number of imidazole rings is 1. The summed E-state index contributed by atoms with van der Waals surface area (Å²) >= 11 is 11.4. The lowest BCUT2D eigenvalue weighted by molar-refractivity contribution is -0.123. The molecule has 6 heteroatoms. The van der Waals surface area contributed by atoms with Crippen molar-refractivity contribution >= 4 is 40.8 Å². The molecule has 0 spiro atoms. The first-order valence-corrected chi connectivity index (χ1v) is 6.51. The van der Waals surface area contributed by atoms with Crippen LogP contribution in [0.4, 0.5) is 0 Å². The minimum atomic E-state index is -0.397. The number of aromatic amines is 1. The summed E-state index contributed by atoms with van der Waals surface area (Å²) in [6, 6.07) is 5.12. The second-order valence-electron chi connectivity index (χ2n) is 4.01. The molecule has 18 heavy (non-hydrogen) atoms. The number of rotatable bonds is 3. The van der Waals surface area contributed by atoms with E-state index in [-0.39, 0.29) is 5.91 Å². The van der Waals surface area contributed by atoms with Crippen molar-refractivity contribution in [2.45, 2.75) is 19.9 Å².